The molecule has 1 aliphatic rings. The first-order valence-corrected chi connectivity index (χ1v) is 6.31. The summed E-state index contributed by atoms with van der Waals surface area (Å²) in [5, 5.41) is 3.15. The molecule has 0 saturated heterocycles. The molecular weight excluding hydrogens is 198 g/mol. The number of fused-ring (bicyclic) bond motifs is 1. The van der Waals surface area contributed by atoms with Crippen LogP contribution in [-0.4, -0.2) is 23.6 Å². The van der Waals surface area contributed by atoms with Crippen LogP contribution in [0.5, 0.6) is 0 Å². The first-order chi connectivity index (χ1) is 7.81. The van der Waals surface area contributed by atoms with Crippen molar-refractivity contribution in [2.45, 2.75) is 45.4 Å². The van der Waals surface area contributed by atoms with E-state index >= 15 is 0 Å². The Morgan fingerprint density at radius 1 is 1.12 bits per heavy atom. The zero-order valence-corrected chi connectivity index (χ0v) is 10.3. The first kappa shape index (κ1) is 11.5. The fraction of sp³-hybridized carbons (Fsp3) is 0.692. The summed E-state index contributed by atoms with van der Waals surface area (Å²) in [5.74, 6) is 1.01. The summed E-state index contributed by atoms with van der Waals surface area (Å²) in [6.07, 6.45) is 7.17. The van der Waals surface area contributed by atoms with Crippen molar-refractivity contribution in [3.63, 3.8) is 0 Å². The van der Waals surface area contributed by atoms with E-state index in [2.05, 4.69) is 17.2 Å². The van der Waals surface area contributed by atoms with Crippen molar-refractivity contribution >= 4 is 0 Å². The lowest BCUT2D eigenvalue weighted by Crippen LogP contribution is -2.14. The van der Waals surface area contributed by atoms with Gasteiger partial charge in [-0.15, -0.1) is 0 Å². The van der Waals surface area contributed by atoms with Crippen molar-refractivity contribution in [1.82, 2.24) is 15.3 Å². The Labute approximate surface area is 97.7 Å². The topological polar surface area (TPSA) is 37.8 Å². The van der Waals surface area contributed by atoms with Crippen molar-refractivity contribution in [2.24, 2.45) is 0 Å². The lowest BCUT2D eigenvalue weighted by molar-refractivity contribution is 0.706. The third kappa shape index (κ3) is 2.59. The molecule has 0 bridgehead atoms. The van der Waals surface area contributed by atoms with Gasteiger partial charge < -0.3 is 5.32 Å². The number of hydrogen-bond donors (Lipinski definition) is 1. The van der Waals surface area contributed by atoms with Crippen LogP contribution in [-0.2, 0) is 19.3 Å². The second kappa shape index (κ2) is 5.39. The maximum atomic E-state index is 4.72. The Kier molecular flexibility index (Phi) is 3.88. The normalized spacial score (nSPS) is 15.6. The fourth-order valence-electron chi connectivity index (χ4n) is 2.37. The summed E-state index contributed by atoms with van der Waals surface area (Å²) in [6, 6.07) is 0. The number of nitrogens with zero attached hydrogens (tertiary/aromatic N) is 2. The zero-order chi connectivity index (χ0) is 11.4. The van der Waals surface area contributed by atoms with Gasteiger partial charge >= 0.3 is 0 Å². The summed E-state index contributed by atoms with van der Waals surface area (Å²) in [6.45, 7) is 3.09. The average molecular weight is 219 g/mol. The fourth-order valence-corrected chi connectivity index (χ4v) is 2.37. The standard InChI is InChI=1S/C13H21N3/c1-10-11-6-4-3-5-7-12(11)16-13(15-10)8-9-14-2/h14H,3-9H2,1-2H3. The number of nitrogens with one attached hydrogen (secondary N) is 1. The molecule has 0 saturated carbocycles. The van der Waals surface area contributed by atoms with E-state index in [4.69, 9.17) is 4.98 Å². The zero-order valence-electron chi connectivity index (χ0n) is 10.3. The van der Waals surface area contributed by atoms with E-state index in [1.807, 2.05) is 7.05 Å². The lowest BCUT2D eigenvalue weighted by Gasteiger charge is -2.10. The molecule has 1 heterocycles. The summed E-state index contributed by atoms with van der Waals surface area (Å²) in [5.41, 5.74) is 3.94. The molecule has 1 aliphatic carbocycles. The number of likely N-dealkylation sites (N-methyl/N-ethyl adjacent to an activating group) is 1. The van der Waals surface area contributed by atoms with E-state index in [1.165, 1.54) is 42.6 Å². The summed E-state index contributed by atoms with van der Waals surface area (Å²) in [4.78, 5) is 9.34. The van der Waals surface area contributed by atoms with Crippen molar-refractivity contribution in [3.8, 4) is 0 Å². The molecule has 0 radical (unpaired) electrons. The Hall–Kier alpha value is -0.960. The Morgan fingerprint density at radius 3 is 2.75 bits per heavy atom. The van der Waals surface area contributed by atoms with Gasteiger partial charge in [-0.3, -0.25) is 0 Å². The van der Waals surface area contributed by atoms with E-state index in [0.717, 1.165) is 25.2 Å². The molecule has 0 atom stereocenters. The predicted molar refractivity (Wildman–Crippen MR) is 65.7 cm³/mol. The molecule has 2 rings (SSSR count). The minimum Gasteiger partial charge on any atom is -0.319 e. The van der Waals surface area contributed by atoms with Crippen LogP contribution in [0, 0.1) is 6.92 Å². The van der Waals surface area contributed by atoms with Gasteiger partial charge in [0.1, 0.15) is 5.82 Å². The van der Waals surface area contributed by atoms with Crippen LogP contribution in [0.4, 0.5) is 0 Å². The number of aromatic nitrogens is 2. The lowest BCUT2D eigenvalue weighted by atomic mass is 10.1. The van der Waals surface area contributed by atoms with Crippen molar-refractivity contribution in [1.29, 1.82) is 0 Å². The predicted octanol–water partition coefficient (Wildman–Crippen LogP) is 1.82. The van der Waals surface area contributed by atoms with Crippen molar-refractivity contribution < 1.29 is 0 Å². The molecule has 1 N–H and O–H groups in total. The molecule has 0 fully saturated rings. The highest BCUT2D eigenvalue weighted by Gasteiger charge is 2.13. The highest BCUT2D eigenvalue weighted by Crippen LogP contribution is 2.21. The van der Waals surface area contributed by atoms with Crippen molar-refractivity contribution in [3.05, 3.63) is 22.8 Å². The minimum absolute atomic E-state index is 0.935. The quantitative estimate of drug-likeness (QED) is 0.788. The van der Waals surface area contributed by atoms with E-state index in [-0.39, 0.29) is 0 Å². The van der Waals surface area contributed by atoms with E-state index in [9.17, 15) is 0 Å². The average Bonchev–Trinajstić information content (AvgIpc) is 2.51. The molecule has 3 nitrogen and oxygen atoms in total. The van der Waals surface area contributed by atoms with Crippen LogP contribution in [0.1, 0.15) is 42.0 Å². The minimum atomic E-state index is 0.935. The highest BCUT2D eigenvalue weighted by molar-refractivity contribution is 5.26. The Morgan fingerprint density at radius 2 is 1.94 bits per heavy atom. The second-order valence-electron chi connectivity index (χ2n) is 4.56. The van der Waals surface area contributed by atoms with Crippen LogP contribution in [0.3, 0.4) is 0 Å². The second-order valence-corrected chi connectivity index (χ2v) is 4.56. The van der Waals surface area contributed by atoms with Crippen LogP contribution in [0.15, 0.2) is 0 Å². The number of aryl methyl sites for hydroxylation is 2. The van der Waals surface area contributed by atoms with Gasteiger partial charge in [0.25, 0.3) is 0 Å². The smallest absolute Gasteiger partial charge is 0.130 e. The molecule has 0 unspecified atom stereocenters. The number of rotatable bonds is 3. The largest absolute Gasteiger partial charge is 0.319 e. The van der Waals surface area contributed by atoms with Gasteiger partial charge in [0.15, 0.2) is 0 Å². The van der Waals surface area contributed by atoms with Gasteiger partial charge in [0, 0.05) is 24.4 Å². The molecule has 0 aromatic carbocycles. The third-order valence-electron chi connectivity index (χ3n) is 3.28. The van der Waals surface area contributed by atoms with Gasteiger partial charge in [-0.25, -0.2) is 9.97 Å². The third-order valence-corrected chi connectivity index (χ3v) is 3.28. The molecule has 0 aliphatic heterocycles. The van der Waals surface area contributed by atoms with Gasteiger partial charge in [0.2, 0.25) is 0 Å². The van der Waals surface area contributed by atoms with Gasteiger partial charge in [-0.2, -0.15) is 0 Å². The van der Waals surface area contributed by atoms with Gasteiger partial charge in [0.05, 0.1) is 0 Å². The molecular formula is C13H21N3. The molecule has 0 spiro atoms. The van der Waals surface area contributed by atoms with E-state index < -0.39 is 0 Å². The van der Waals surface area contributed by atoms with Gasteiger partial charge in [-0.05, 0) is 45.2 Å². The molecule has 3 heteroatoms. The molecule has 88 valence electrons. The van der Waals surface area contributed by atoms with Crippen molar-refractivity contribution in [2.75, 3.05) is 13.6 Å². The van der Waals surface area contributed by atoms with Crippen LogP contribution >= 0.6 is 0 Å². The first-order valence-electron chi connectivity index (χ1n) is 6.31. The SMILES string of the molecule is CNCCc1nc(C)c2c(n1)CCCCC2. The monoisotopic (exact) mass is 219 g/mol. The Balaban J connectivity index is 2.24. The molecule has 1 aromatic rings. The maximum absolute atomic E-state index is 4.72. The van der Waals surface area contributed by atoms with Crippen LogP contribution in [0.25, 0.3) is 0 Å². The molecule has 0 amide bonds. The highest BCUT2D eigenvalue weighted by atomic mass is 14.9. The number of hydrogen-bond acceptors (Lipinski definition) is 3. The summed E-state index contributed by atoms with van der Waals surface area (Å²) >= 11 is 0. The van der Waals surface area contributed by atoms with Crippen LogP contribution in [0.2, 0.25) is 0 Å². The molecule has 1 aromatic heterocycles. The molecule has 16 heavy (non-hydrogen) atoms. The van der Waals surface area contributed by atoms with Crippen LogP contribution < -0.4 is 5.32 Å². The van der Waals surface area contributed by atoms with E-state index in [0.29, 0.717) is 0 Å². The van der Waals surface area contributed by atoms with E-state index in [1.54, 1.807) is 0 Å². The summed E-state index contributed by atoms with van der Waals surface area (Å²) in [7, 11) is 1.97. The Bertz CT molecular complexity index is 360. The van der Waals surface area contributed by atoms with Gasteiger partial charge in [-0.1, -0.05) is 6.42 Å². The maximum Gasteiger partial charge on any atom is 0.130 e. The summed E-state index contributed by atoms with van der Waals surface area (Å²) < 4.78 is 0.